The highest BCUT2D eigenvalue weighted by atomic mass is 15.2. The Labute approximate surface area is 121 Å². The molecule has 0 radical (unpaired) electrons. The minimum Gasteiger partial charge on any atom is -0.329 e. The highest BCUT2D eigenvalue weighted by molar-refractivity contribution is 5.79. The first-order chi connectivity index (χ1) is 9.80. The summed E-state index contributed by atoms with van der Waals surface area (Å²) >= 11 is 0. The lowest BCUT2D eigenvalue weighted by Gasteiger charge is -2.31. The van der Waals surface area contributed by atoms with Gasteiger partial charge in [-0.25, -0.2) is 0 Å². The molecule has 0 saturated carbocycles. The number of nitrogens with zero attached hydrogens (tertiary/aromatic N) is 2. The van der Waals surface area contributed by atoms with Gasteiger partial charge in [-0.15, -0.1) is 0 Å². The Hall–Kier alpha value is -1.45. The van der Waals surface area contributed by atoms with Crippen LogP contribution in [0.3, 0.4) is 0 Å². The molecule has 1 aromatic carbocycles. The van der Waals surface area contributed by atoms with E-state index in [-0.39, 0.29) is 0 Å². The summed E-state index contributed by atoms with van der Waals surface area (Å²) in [5.41, 5.74) is 8.40. The van der Waals surface area contributed by atoms with Crippen LogP contribution in [0.5, 0.6) is 0 Å². The summed E-state index contributed by atoms with van der Waals surface area (Å²) in [6.45, 7) is 7.30. The van der Waals surface area contributed by atoms with Crippen LogP contribution in [0.2, 0.25) is 0 Å². The third-order valence-corrected chi connectivity index (χ3v) is 3.70. The van der Waals surface area contributed by atoms with Crippen molar-refractivity contribution < 1.29 is 0 Å². The van der Waals surface area contributed by atoms with Gasteiger partial charge in [-0.3, -0.25) is 9.88 Å². The molecule has 2 N–H and O–H groups in total. The van der Waals surface area contributed by atoms with Crippen molar-refractivity contribution in [3.8, 4) is 0 Å². The summed E-state index contributed by atoms with van der Waals surface area (Å²) < 4.78 is 0. The van der Waals surface area contributed by atoms with Gasteiger partial charge in [0.2, 0.25) is 0 Å². The molecule has 3 heteroatoms. The highest BCUT2D eigenvalue weighted by Crippen LogP contribution is 2.23. The maximum atomic E-state index is 6.05. The van der Waals surface area contributed by atoms with Crippen molar-refractivity contribution in [2.45, 2.75) is 32.7 Å². The monoisotopic (exact) mass is 271 g/mol. The maximum Gasteiger partial charge on any atom is 0.0702 e. The normalized spacial score (nSPS) is 13.0. The van der Waals surface area contributed by atoms with Gasteiger partial charge in [0.1, 0.15) is 0 Å². The zero-order valence-electron chi connectivity index (χ0n) is 12.5. The first kappa shape index (κ1) is 14.9. The molecule has 0 amide bonds. The molecule has 0 aliphatic rings. The van der Waals surface area contributed by atoms with Crippen LogP contribution in [0.15, 0.2) is 36.5 Å². The Kier molecular flexibility index (Phi) is 5.50. The second kappa shape index (κ2) is 7.36. The van der Waals surface area contributed by atoms with Gasteiger partial charge in [-0.1, -0.05) is 26.0 Å². The van der Waals surface area contributed by atoms with E-state index in [9.17, 15) is 0 Å². The van der Waals surface area contributed by atoms with Gasteiger partial charge in [0, 0.05) is 24.2 Å². The molecule has 0 aliphatic carbocycles. The third kappa shape index (κ3) is 3.35. The minimum absolute atomic E-state index is 0.305. The van der Waals surface area contributed by atoms with Crippen molar-refractivity contribution in [1.82, 2.24) is 9.88 Å². The number of hydrogen-bond acceptors (Lipinski definition) is 3. The van der Waals surface area contributed by atoms with E-state index in [4.69, 9.17) is 5.73 Å². The molecular weight excluding hydrogens is 246 g/mol. The Morgan fingerprint density at radius 1 is 1.15 bits per heavy atom. The van der Waals surface area contributed by atoms with E-state index < -0.39 is 0 Å². The van der Waals surface area contributed by atoms with E-state index >= 15 is 0 Å². The van der Waals surface area contributed by atoms with Crippen LogP contribution < -0.4 is 5.73 Å². The molecule has 2 aromatic rings. The van der Waals surface area contributed by atoms with Crippen molar-refractivity contribution in [3.05, 3.63) is 42.1 Å². The summed E-state index contributed by atoms with van der Waals surface area (Å²) in [4.78, 5) is 6.88. The molecular formula is C17H25N3. The van der Waals surface area contributed by atoms with Crippen LogP contribution in [0, 0.1) is 0 Å². The van der Waals surface area contributed by atoms with Gasteiger partial charge < -0.3 is 5.73 Å². The fraction of sp³-hybridized carbons (Fsp3) is 0.471. The van der Waals surface area contributed by atoms with Gasteiger partial charge in [-0.05, 0) is 49.7 Å². The van der Waals surface area contributed by atoms with Crippen LogP contribution in [0.1, 0.15) is 38.3 Å². The lowest BCUT2D eigenvalue weighted by molar-refractivity contribution is 0.202. The second-order valence-corrected chi connectivity index (χ2v) is 5.24. The van der Waals surface area contributed by atoms with E-state index in [2.05, 4.69) is 48.0 Å². The van der Waals surface area contributed by atoms with E-state index in [1.165, 1.54) is 10.9 Å². The SMILES string of the molecule is CCCN(CCC)C(CN)c1ccc2ncccc2c1. The smallest absolute Gasteiger partial charge is 0.0702 e. The Balaban J connectivity index is 2.31. The van der Waals surface area contributed by atoms with Crippen LogP contribution in [-0.4, -0.2) is 29.5 Å². The van der Waals surface area contributed by atoms with E-state index in [0.717, 1.165) is 31.4 Å². The molecule has 1 aromatic heterocycles. The molecule has 1 atom stereocenters. The maximum absolute atomic E-state index is 6.05. The summed E-state index contributed by atoms with van der Waals surface area (Å²) in [6, 6.07) is 10.9. The molecule has 1 unspecified atom stereocenters. The van der Waals surface area contributed by atoms with E-state index in [1.807, 2.05) is 12.3 Å². The molecule has 0 spiro atoms. The van der Waals surface area contributed by atoms with E-state index in [1.54, 1.807) is 0 Å². The van der Waals surface area contributed by atoms with Gasteiger partial charge >= 0.3 is 0 Å². The number of hydrogen-bond donors (Lipinski definition) is 1. The summed E-state index contributed by atoms with van der Waals surface area (Å²) in [7, 11) is 0. The summed E-state index contributed by atoms with van der Waals surface area (Å²) in [6.07, 6.45) is 4.15. The predicted octanol–water partition coefficient (Wildman–Crippen LogP) is 3.36. The van der Waals surface area contributed by atoms with Crippen LogP contribution in [0.4, 0.5) is 0 Å². The summed E-state index contributed by atoms with van der Waals surface area (Å²) in [5.74, 6) is 0. The van der Waals surface area contributed by atoms with Crippen molar-refractivity contribution in [1.29, 1.82) is 0 Å². The first-order valence-corrected chi connectivity index (χ1v) is 7.59. The number of rotatable bonds is 7. The van der Waals surface area contributed by atoms with Gasteiger partial charge in [0.15, 0.2) is 0 Å². The van der Waals surface area contributed by atoms with Crippen LogP contribution in [0.25, 0.3) is 10.9 Å². The van der Waals surface area contributed by atoms with Crippen molar-refractivity contribution in [2.24, 2.45) is 5.73 Å². The second-order valence-electron chi connectivity index (χ2n) is 5.24. The fourth-order valence-corrected chi connectivity index (χ4v) is 2.80. The number of fused-ring (bicyclic) bond motifs is 1. The minimum atomic E-state index is 0.305. The van der Waals surface area contributed by atoms with Crippen molar-refractivity contribution in [3.63, 3.8) is 0 Å². The van der Waals surface area contributed by atoms with Crippen molar-refractivity contribution in [2.75, 3.05) is 19.6 Å². The Bertz CT molecular complexity index is 533. The number of aromatic nitrogens is 1. The zero-order chi connectivity index (χ0) is 14.4. The lowest BCUT2D eigenvalue weighted by Crippen LogP contribution is -2.35. The quantitative estimate of drug-likeness (QED) is 0.839. The van der Waals surface area contributed by atoms with Gasteiger partial charge in [0.25, 0.3) is 0 Å². The fourth-order valence-electron chi connectivity index (χ4n) is 2.80. The molecule has 1 heterocycles. The largest absolute Gasteiger partial charge is 0.329 e. The van der Waals surface area contributed by atoms with Gasteiger partial charge in [0.05, 0.1) is 5.52 Å². The standard InChI is InChI=1S/C17H25N3/c1-3-10-20(11-4-2)17(13-18)15-7-8-16-14(12-15)6-5-9-19-16/h5-9,12,17H,3-4,10-11,13,18H2,1-2H3. The molecule has 0 fully saturated rings. The Morgan fingerprint density at radius 2 is 1.90 bits per heavy atom. The summed E-state index contributed by atoms with van der Waals surface area (Å²) in [5, 5.41) is 1.19. The predicted molar refractivity (Wildman–Crippen MR) is 85.7 cm³/mol. The molecule has 0 bridgehead atoms. The topological polar surface area (TPSA) is 42.1 Å². The Morgan fingerprint density at radius 3 is 2.55 bits per heavy atom. The molecule has 3 nitrogen and oxygen atoms in total. The van der Waals surface area contributed by atoms with E-state index in [0.29, 0.717) is 12.6 Å². The molecule has 20 heavy (non-hydrogen) atoms. The number of pyridine rings is 1. The molecule has 0 saturated heterocycles. The molecule has 108 valence electrons. The third-order valence-electron chi connectivity index (χ3n) is 3.70. The van der Waals surface area contributed by atoms with Crippen molar-refractivity contribution >= 4 is 10.9 Å². The first-order valence-electron chi connectivity index (χ1n) is 7.59. The van der Waals surface area contributed by atoms with Gasteiger partial charge in [-0.2, -0.15) is 0 Å². The average Bonchev–Trinajstić information content (AvgIpc) is 2.48. The average molecular weight is 271 g/mol. The molecule has 2 rings (SSSR count). The van der Waals surface area contributed by atoms with Crippen LogP contribution in [-0.2, 0) is 0 Å². The molecule has 0 aliphatic heterocycles. The zero-order valence-corrected chi connectivity index (χ0v) is 12.5. The van der Waals surface area contributed by atoms with Crippen LogP contribution >= 0.6 is 0 Å². The number of benzene rings is 1. The highest BCUT2D eigenvalue weighted by Gasteiger charge is 2.17. The lowest BCUT2D eigenvalue weighted by atomic mass is 10.0. The number of nitrogens with two attached hydrogens (primary N) is 1.